The van der Waals surface area contributed by atoms with Crippen LogP contribution in [-0.2, 0) is 4.74 Å². The lowest BCUT2D eigenvalue weighted by Gasteiger charge is -2.23. The van der Waals surface area contributed by atoms with E-state index in [9.17, 15) is 4.79 Å². The maximum Gasteiger partial charge on any atom is 0.407 e. The minimum atomic E-state index is -0.515. The SMILES string of the molecule is CC(C)(C)OC(=O)NCC(CN)c1ccc2c(c1)OCCO2. The van der Waals surface area contributed by atoms with Crippen molar-refractivity contribution in [2.75, 3.05) is 26.3 Å². The molecule has 0 aliphatic carbocycles. The molecular formula is C16H24N2O4. The molecule has 0 aromatic heterocycles. The zero-order valence-corrected chi connectivity index (χ0v) is 13.3. The largest absolute Gasteiger partial charge is 0.486 e. The van der Waals surface area contributed by atoms with Crippen LogP contribution in [0, 0.1) is 0 Å². The number of fused-ring (bicyclic) bond motifs is 1. The van der Waals surface area contributed by atoms with Gasteiger partial charge in [-0.3, -0.25) is 0 Å². The summed E-state index contributed by atoms with van der Waals surface area (Å²) in [6.07, 6.45) is -0.441. The molecule has 1 atom stereocenters. The predicted molar refractivity (Wildman–Crippen MR) is 83.5 cm³/mol. The fraction of sp³-hybridized carbons (Fsp3) is 0.562. The van der Waals surface area contributed by atoms with Gasteiger partial charge in [0.05, 0.1) is 0 Å². The lowest BCUT2D eigenvalue weighted by molar-refractivity contribution is 0.0525. The number of hydrogen-bond acceptors (Lipinski definition) is 5. The summed E-state index contributed by atoms with van der Waals surface area (Å²) in [6.45, 7) is 7.41. The fourth-order valence-electron chi connectivity index (χ4n) is 2.17. The van der Waals surface area contributed by atoms with E-state index in [1.165, 1.54) is 0 Å². The number of hydrogen-bond donors (Lipinski definition) is 2. The van der Waals surface area contributed by atoms with Crippen molar-refractivity contribution in [3.8, 4) is 11.5 Å². The van der Waals surface area contributed by atoms with Gasteiger partial charge in [-0.1, -0.05) is 6.07 Å². The second kappa shape index (κ2) is 6.87. The zero-order valence-electron chi connectivity index (χ0n) is 13.3. The third kappa shape index (κ3) is 4.53. The smallest absolute Gasteiger partial charge is 0.407 e. The van der Waals surface area contributed by atoms with Gasteiger partial charge in [0.1, 0.15) is 18.8 Å². The molecule has 1 aromatic carbocycles. The first kappa shape index (κ1) is 16.4. The molecule has 3 N–H and O–H groups in total. The fourth-order valence-corrected chi connectivity index (χ4v) is 2.17. The highest BCUT2D eigenvalue weighted by Crippen LogP contribution is 2.32. The van der Waals surface area contributed by atoms with Crippen LogP contribution >= 0.6 is 0 Å². The van der Waals surface area contributed by atoms with Crippen molar-refractivity contribution >= 4 is 6.09 Å². The van der Waals surface area contributed by atoms with Gasteiger partial charge in [-0.25, -0.2) is 4.79 Å². The van der Waals surface area contributed by atoms with Crippen LogP contribution in [0.25, 0.3) is 0 Å². The summed E-state index contributed by atoms with van der Waals surface area (Å²) in [5, 5.41) is 2.76. The second-order valence-electron chi connectivity index (χ2n) is 6.22. The molecule has 0 radical (unpaired) electrons. The molecule has 1 unspecified atom stereocenters. The molecule has 6 heteroatoms. The van der Waals surface area contributed by atoms with Gasteiger partial charge in [0, 0.05) is 19.0 Å². The van der Waals surface area contributed by atoms with E-state index >= 15 is 0 Å². The Kier molecular flexibility index (Phi) is 5.13. The normalized spacial score (nSPS) is 15.1. The Morgan fingerprint density at radius 2 is 2.00 bits per heavy atom. The maximum absolute atomic E-state index is 11.7. The van der Waals surface area contributed by atoms with Gasteiger partial charge in [0.25, 0.3) is 0 Å². The molecule has 122 valence electrons. The van der Waals surface area contributed by atoms with Crippen LogP contribution in [0.5, 0.6) is 11.5 Å². The van der Waals surface area contributed by atoms with Crippen molar-refractivity contribution in [3.05, 3.63) is 23.8 Å². The zero-order chi connectivity index (χ0) is 16.2. The van der Waals surface area contributed by atoms with Crippen molar-refractivity contribution in [3.63, 3.8) is 0 Å². The predicted octanol–water partition coefficient (Wildman–Crippen LogP) is 2.02. The number of ether oxygens (including phenoxy) is 3. The van der Waals surface area contributed by atoms with Gasteiger partial charge in [0.15, 0.2) is 11.5 Å². The number of carbonyl (C=O) groups is 1. The van der Waals surface area contributed by atoms with E-state index in [2.05, 4.69) is 5.32 Å². The Hall–Kier alpha value is -1.95. The van der Waals surface area contributed by atoms with Crippen LogP contribution < -0.4 is 20.5 Å². The van der Waals surface area contributed by atoms with Crippen LogP contribution in [0.3, 0.4) is 0 Å². The molecule has 1 aromatic rings. The van der Waals surface area contributed by atoms with Gasteiger partial charge in [0.2, 0.25) is 0 Å². The van der Waals surface area contributed by atoms with Crippen molar-refractivity contribution < 1.29 is 19.0 Å². The number of rotatable bonds is 4. The topological polar surface area (TPSA) is 82.8 Å². The Balaban J connectivity index is 1.98. The minimum absolute atomic E-state index is 0.0108. The third-order valence-corrected chi connectivity index (χ3v) is 3.21. The molecule has 0 bridgehead atoms. The first-order chi connectivity index (χ1) is 10.4. The van der Waals surface area contributed by atoms with Gasteiger partial charge >= 0.3 is 6.09 Å². The first-order valence-corrected chi connectivity index (χ1v) is 7.45. The van der Waals surface area contributed by atoms with E-state index in [1.54, 1.807) is 0 Å². The van der Waals surface area contributed by atoms with Crippen LogP contribution in [-0.4, -0.2) is 38.0 Å². The minimum Gasteiger partial charge on any atom is -0.486 e. The number of nitrogens with one attached hydrogen (secondary N) is 1. The number of carbonyl (C=O) groups excluding carboxylic acids is 1. The van der Waals surface area contributed by atoms with Crippen LogP contribution in [0.15, 0.2) is 18.2 Å². The number of benzene rings is 1. The number of nitrogens with two attached hydrogens (primary N) is 1. The van der Waals surface area contributed by atoms with Crippen LogP contribution in [0.1, 0.15) is 32.3 Å². The molecule has 0 saturated heterocycles. The number of amides is 1. The summed E-state index contributed by atoms with van der Waals surface area (Å²) in [7, 11) is 0. The summed E-state index contributed by atoms with van der Waals surface area (Å²) in [5.41, 5.74) is 6.32. The summed E-state index contributed by atoms with van der Waals surface area (Å²) in [4.78, 5) is 11.7. The summed E-state index contributed by atoms with van der Waals surface area (Å²) < 4.78 is 16.3. The van der Waals surface area contributed by atoms with Gasteiger partial charge < -0.3 is 25.3 Å². The van der Waals surface area contributed by atoms with Crippen molar-refractivity contribution in [2.45, 2.75) is 32.3 Å². The number of alkyl carbamates (subject to hydrolysis) is 1. The Labute approximate surface area is 130 Å². The van der Waals surface area contributed by atoms with Gasteiger partial charge in [-0.2, -0.15) is 0 Å². The Morgan fingerprint density at radius 3 is 2.64 bits per heavy atom. The van der Waals surface area contributed by atoms with E-state index in [0.29, 0.717) is 26.3 Å². The molecule has 22 heavy (non-hydrogen) atoms. The van der Waals surface area contributed by atoms with E-state index in [0.717, 1.165) is 17.1 Å². The van der Waals surface area contributed by atoms with Crippen LogP contribution in [0.4, 0.5) is 4.79 Å². The van der Waals surface area contributed by atoms with Crippen LogP contribution in [0.2, 0.25) is 0 Å². The highest BCUT2D eigenvalue weighted by atomic mass is 16.6. The van der Waals surface area contributed by atoms with Crippen molar-refractivity contribution in [1.82, 2.24) is 5.32 Å². The average molecular weight is 308 g/mol. The molecule has 6 nitrogen and oxygen atoms in total. The van der Waals surface area contributed by atoms with E-state index in [-0.39, 0.29) is 5.92 Å². The van der Waals surface area contributed by atoms with Crippen molar-refractivity contribution in [1.29, 1.82) is 0 Å². The van der Waals surface area contributed by atoms with E-state index in [4.69, 9.17) is 19.9 Å². The second-order valence-corrected chi connectivity index (χ2v) is 6.22. The molecule has 0 fully saturated rings. The lowest BCUT2D eigenvalue weighted by atomic mass is 9.98. The molecule has 0 spiro atoms. The molecular weight excluding hydrogens is 284 g/mol. The Morgan fingerprint density at radius 1 is 1.32 bits per heavy atom. The monoisotopic (exact) mass is 308 g/mol. The van der Waals surface area contributed by atoms with Gasteiger partial charge in [-0.15, -0.1) is 0 Å². The van der Waals surface area contributed by atoms with E-state index < -0.39 is 11.7 Å². The molecule has 1 aliphatic rings. The summed E-state index contributed by atoms with van der Waals surface area (Å²) in [6, 6.07) is 5.74. The lowest BCUT2D eigenvalue weighted by Crippen LogP contribution is -2.36. The van der Waals surface area contributed by atoms with Crippen molar-refractivity contribution in [2.24, 2.45) is 5.73 Å². The van der Waals surface area contributed by atoms with Gasteiger partial charge in [-0.05, 0) is 38.5 Å². The average Bonchev–Trinajstić information content (AvgIpc) is 2.46. The Bertz CT molecular complexity index is 525. The first-order valence-electron chi connectivity index (χ1n) is 7.45. The summed E-state index contributed by atoms with van der Waals surface area (Å²) >= 11 is 0. The quantitative estimate of drug-likeness (QED) is 0.889. The highest BCUT2D eigenvalue weighted by Gasteiger charge is 2.19. The molecule has 1 heterocycles. The van der Waals surface area contributed by atoms with E-state index in [1.807, 2.05) is 39.0 Å². The summed E-state index contributed by atoms with van der Waals surface area (Å²) in [5.74, 6) is 1.45. The highest BCUT2D eigenvalue weighted by molar-refractivity contribution is 5.67. The molecule has 1 amide bonds. The molecule has 2 rings (SSSR count). The molecule has 0 saturated carbocycles. The standard InChI is InChI=1S/C16H24N2O4/c1-16(2,3)22-15(19)18-10-12(9-17)11-4-5-13-14(8-11)21-7-6-20-13/h4-5,8,12H,6-7,9-10,17H2,1-3H3,(H,18,19). The third-order valence-electron chi connectivity index (χ3n) is 3.21. The maximum atomic E-state index is 11.7. The molecule has 1 aliphatic heterocycles.